The first kappa shape index (κ1) is 29.4. The highest BCUT2D eigenvalue weighted by Crippen LogP contribution is 2.29. The number of rotatable bonds is 10. The van der Waals surface area contributed by atoms with E-state index in [9.17, 15) is 18.5 Å². The first-order valence-electron chi connectivity index (χ1n) is 9.88. The van der Waals surface area contributed by atoms with E-state index in [-0.39, 0.29) is 47.1 Å². The summed E-state index contributed by atoms with van der Waals surface area (Å²) in [5, 5.41) is 20.0. The fourth-order valence-electron chi connectivity index (χ4n) is 3.26. The van der Waals surface area contributed by atoms with Gasteiger partial charge in [0.2, 0.25) is 10.0 Å². The van der Waals surface area contributed by atoms with Gasteiger partial charge >= 0.3 is 0 Å². The summed E-state index contributed by atoms with van der Waals surface area (Å²) in [6.07, 6.45) is 0.772. The molecule has 0 saturated carbocycles. The Labute approximate surface area is 210 Å². The molecule has 1 aliphatic rings. The van der Waals surface area contributed by atoms with Crippen LogP contribution < -0.4 is 10.5 Å². The zero-order valence-corrected chi connectivity index (χ0v) is 21.1. The van der Waals surface area contributed by atoms with Gasteiger partial charge < -0.3 is 10.1 Å². The number of morpholine rings is 1. The Morgan fingerprint density at radius 1 is 1.15 bits per heavy atom. The molecule has 1 heterocycles. The summed E-state index contributed by atoms with van der Waals surface area (Å²) in [4.78, 5) is 14.1. The van der Waals surface area contributed by atoms with Gasteiger partial charge in [0.15, 0.2) is 0 Å². The molecule has 3 rings (SSSR count). The van der Waals surface area contributed by atoms with Crippen molar-refractivity contribution < 1.29 is 18.1 Å². The lowest BCUT2D eigenvalue weighted by Gasteiger charge is -2.29. The molecule has 9 nitrogen and oxygen atoms in total. The van der Waals surface area contributed by atoms with Gasteiger partial charge in [-0.1, -0.05) is 18.2 Å². The van der Waals surface area contributed by atoms with E-state index in [1.807, 2.05) is 30.3 Å². The molecule has 0 aliphatic carbocycles. The van der Waals surface area contributed by atoms with Gasteiger partial charge in [0, 0.05) is 42.4 Å². The number of nitrogens with zero attached hydrogens (tertiary/aromatic N) is 2. The lowest BCUT2D eigenvalue weighted by Crippen LogP contribution is -2.39. The first-order chi connectivity index (χ1) is 14.8. The number of anilines is 1. The zero-order valence-electron chi connectivity index (χ0n) is 17.8. The minimum Gasteiger partial charge on any atom is -0.379 e. The number of benzene rings is 2. The number of halogens is 2. The van der Waals surface area contributed by atoms with E-state index < -0.39 is 14.9 Å². The minimum atomic E-state index is -4.03. The number of ether oxygens (including phenoxy) is 1. The molecule has 2 aromatic rings. The summed E-state index contributed by atoms with van der Waals surface area (Å²) >= 11 is 1.66. The number of sulfonamides is 1. The van der Waals surface area contributed by atoms with Crippen molar-refractivity contribution in [2.24, 2.45) is 5.14 Å². The molecule has 33 heavy (non-hydrogen) atoms. The van der Waals surface area contributed by atoms with Crippen molar-refractivity contribution in [1.82, 2.24) is 4.90 Å². The van der Waals surface area contributed by atoms with Gasteiger partial charge in [-0.3, -0.25) is 15.0 Å². The lowest BCUT2D eigenvalue weighted by atomic mass is 10.2. The van der Waals surface area contributed by atoms with Crippen molar-refractivity contribution in [3.63, 3.8) is 0 Å². The van der Waals surface area contributed by atoms with Crippen molar-refractivity contribution in [1.29, 1.82) is 0 Å². The SMILES string of the molecule is Cl.Cl.NS(=O)(=O)c1ccc(N[C@@H](CCN2CCOCC2)CSc2ccccc2)c([N+](=O)[O-])c1. The monoisotopic (exact) mass is 538 g/mol. The van der Waals surface area contributed by atoms with Crippen molar-refractivity contribution in [3.05, 3.63) is 58.6 Å². The van der Waals surface area contributed by atoms with E-state index >= 15 is 0 Å². The summed E-state index contributed by atoms with van der Waals surface area (Å²) in [5.74, 6) is 0.697. The second-order valence-electron chi connectivity index (χ2n) is 7.19. The number of nitro benzene ring substituents is 1. The topological polar surface area (TPSA) is 128 Å². The van der Waals surface area contributed by atoms with Crippen LogP contribution in [0, 0.1) is 10.1 Å². The van der Waals surface area contributed by atoms with Crippen LogP contribution in [0.1, 0.15) is 6.42 Å². The molecule has 0 radical (unpaired) electrons. The minimum absolute atomic E-state index is 0. The first-order valence-corrected chi connectivity index (χ1v) is 12.4. The largest absolute Gasteiger partial charge is 0.379 e. The molecule has 1 saturated heterocycles. The summed E-state index contributed by atoms with van der Waals surface area (Å²) in [7, 11) is -4.03. The molecular weight excluding hydrogens is 511 g/mol. The van der Waals surface area contributed by atoms with Crippen LogP contribution >= 0.6 is 36.6 Å². The number of hydrogen-bond donors (Lipinski definition) is 2. The maximum absolute atomic E-state index is 11.6. The molecule has 2 aromatic carbocycles. The van der Waals surface area contributed by atoms with Gasteiger partial charge in [0.05, 0.1) is 23.0 Å². The number of thioether (sulfide) groups is 1. The van der Waals surface area contributed by atoms with Crippen LogP contribution in [-0.2, 0) is 14.8 Å². The van der Waals surface area contributed by atoms with E-state index in [1.54, 1.807) is 11.8 Å². The molecule has 0 aromatic heterocycles. The molecule has 1 fully saturated rings. The Morgan fingerprint density at radius 3 is 2.42 bits per heavy atom. The second kappa shape index (κ2) is 14.0. The molecule has 3 N–H and O–H groups in total. The number of nitrogens with two attached hydrogens (primary N) is 1. The lowest BCUT2D eigenvalue weighted by molar-refractivity contribution is -0.384. The van der Waals surface area contributed by atoms with Crippen molar-refractivity contribution >= 4 is 58.0 Å². The summed E-state index contributed by atoms with van der Waals surface area (Å²) < 4.78 is 28.6. The van der Waals surface area contributed by atoms with Crippen molar-refractivity contribution in [2.75, 3.05) is 43.9 Å². The van der Waals surface area contributed by atoms with E-state index in [4.69, 9.17) is 9.88 Å². The van der Waals surface area contributed by atoms with Gasteiger partial charge in [-0.25, -0.2) is 13.6 Å². The van der Waals surface area contributed by atoms with Crippen LogP contribution in [0.2, 0.25) is 0 Å². The molecule has 0 spiro atoms. The highest BCUT2D eigenvalue weighted by atomic mass is 35.5. The van der Waals surface area contributed by atoms with Gasteiger partial charge in [0.25, 0.3) is 5.69 Å². The van der Waals surface area contributed by atoms with Crippen LogP contribution in [0.5, 0.6) is 0 Å². The molecule has 1 aliphatic heterocycles. The zero-order chi connectivity index (χ0) is 22.3. The predicted octanol–water partition coefficient (Wildman–Crippen LogP) is 3.38. The smallest absolute Gasteiger partial charge is 0.293 e. The third kappa shape index (κ3) is 9.28. The third-order valence-electron chi connectivity index (χ3n) is 4.95. The van der Waals surface area contributed by atoms with E-state index in [0.29, 0.717) is 19.0 Å². The fraction of sp³-hybridized carbons (Fsp3) is 0.400. The summed E-state index contributed by atoms with van der Waals surface area (Å²) in [5.41, 5.74) is -0.0364. The highest BCUT2D eigenvalue weighted by molar-refractivity contribution is 7.99. The van der Waals surface area contributed by atoms with E-state index in [0.717, 1.165) is 37.0 Å². The average Bonchev–Trinajstić information content (AvgIpc) is 2.76. The van der Waals surface area contributed by atoms with Crippen LogP contribution in [0.4, 0.5) is 11.4 Å². The molecular formula is C20H28Cl2N4O5S2. The quantitative estimate of drug-likeness (QED) is 0.267. The highest BCUT2D eigenvalue weighted by Gasteiger charge is 2.22. The second-order valence-corrected chi connectivity index (χ2v) is 9.84. The molecule has 184 valence electrons. The number of hydrogen-bond acceptors (Lipinski definition) is 8. The van der Waals surface area contributed by atoms with Crippen LogP contribution in [-0.4, -0.2) is 62.9 Å². The Balaban J connectivity index is 0.00000272. The predicted molar refractivity (Wildman–Crippen MR) is 135 cm³/mol. The maximum Gasteiger partial charge on any atom is 0.293 e. The number of nitrogens with one attached hydrogen (secondary N) is 1. The Hall–Kier alpha value is -1.60. The van der Waals surface area contributed by atoms with Crippen LogP contribution in [0.25, 0.3) is 0 Å². The van der Waals surface area contributed by atoms with Crippen LogP contribution in [0.3, 0.4) is 0 Å². The Morgan fingerprint density at radius 2 is 1.82 bits per heavy atom. The molecule has 0 bridgehead atoms. The van der Waals surface area contributed by atoms with Crippen molar-refractivity contribution in [3.8, 4) is 0 Å². The average molecular weight is 540 g/mol. The van der Waals surface area contributed by atoms with Gasteiger partial charge in [0.1, 0.15) is 5.69 Å². The summed E-state index contributed by atoms with van der Waals surface area (Å²) in [6.45, 7) is 3.97. The normalized spacial score (nSPS) is 15.1. The van der Waals surface area contributed by atoms with Gasteiger partial charge in [-0.2, -0.15) is 0 Å². The van der Waals surface area contributed by atoms with E-state index in [2.05, 4.69) is 10.2 Å². The van der Waals surface area contributed by atoms with E-state index in [1.165, 1.54) is 12.1 Å². The van der Waals surface area contributed by atoms with Gasteiger partial charge in [-0.15, -0.1) is 36.6 Å². The fourth-order valence-corrected chi connectivity index (χ4v) is 4.78. The number of primary sulfonamides is 1. The van der Waals surface area contributed by atoms with Gasteiger partial charge in [-0.05, 0) is 30.7 Å². The maximum atomic E-state index is 11.6. The Bertz CT molecular complexity index is 993. The third-order valence-corrected chi connectivity index (χ3v) is 7.03. The molecule has 0 unspecified atom stereocenters. The molecule has 13 heteroatoms. The standard InChI is InChI=1S/C20H26N4O5S2.2ClH/c21-31(27,28)18-6-7-19(20(14-18)24(25)26)22-16(8-9-23-10-12-29-13-11-23)15-30-17-4-2-1-3-5-17;;/h1-7,14,16,22H,8-13,15H2,(H2,21,27,28);2*1H/t16-;;/m0../s1. The molecule has 0 amide bonds. The summed E-state index contributed by atoms with van der Waals surface area (Å²) in [6, 6.07) is 13.6. The van der Waals surface area contributed by atoms with Crippen LogP contribution in [0.15, 0.2) is 58.3 Å². The Kier molecular flexibility index (Phi) is 12.4. The van der Waals surface area contributed by atoms with Crippen molar-refractivity contribution in [2.45, 2.75) is 22.3 Å². The number of nitro groups is 1. The molecule has 1 atom stereocenters.